The molecule has 0 aromatic heterocycles. The Bertz CT molecular complexity index is 1010. The van der Waals surface area contributed by atoms with E-state index >= 15 is 0 Å². The number of amides is 2. The largest absolute Gasteiger partial charge is 0.464 e. The summed E-state index contributed by atoms with van der Waals surface area (Å²) in [5.74, 6) is -1.17. The average Bonchev–Trinajstić information content (AvgIpc) is 3.54. The molecular weight excluding hydrogens is 531 g/mol. The number of nitrogens with zero attached hydrogens (tertiary/aromatic N) is 2. The van der Waals surface area contributed by atoms with Crippen LogP contribution in [0.2, 0.25) is 0 Å². The highest BCUT2D eigenvalue weighted by Crippen LogP contribution is 2.21. The zero-order valence-corrected chi connectivity index (χ0v) is 22.9. The number of cyclic esters (lactones) is 2. The molecule has 0 N–H and O–H groups in total. The second kappa shape index (κ2) is 14.2. The Morgan fingerprint density at radius 1 is 0.737 bits per heavy atom. The predicted molar refractivity (Wildman–Crippen MR) is 143 cm³/mol. The van der Waals surface area contributed by atoms with Gasteiger partial charge in [-0.15, -0.1) is 23.2 Å². The molecule has 0 aliphatic carbocycles. The van der Waals surface area contributed by atoms with E-state index in [1.54, 1.807) is 13.8 Å². The molecule has 2 aliphatic heterocycles. The van der Waals surface area contributed by atoms with Crippen molar-refractivity contribution >= 4 is 47.0 Å². The molecule has 2 aliphatic rings. The van der Waals surface area contributed by atoms with Gasteiger partial charge in [-0.05, 0) is 25.0 Å². The molecule has 2 fully saturated rings. The third kappa shape index (κ3) is 7.95. The maximum atomic E-state index is 12.2. The van der Waals surface area contributed by atoms with Gasteiger partial charge in [0, 0.05) is 25.9 Å². The lowest BCUT2D eigenvalue weighted by molar-refractivity contribution is -0.148. The highest BCUT2D eigenvalue weighted by molar-refractivity contribution is 6.30. The van der Waals surface area contributed by atoms with E-state index in [2.05, 4.69) is 0 Å². The summed E-state index contributed by atoms with van der Waals surface area (Å²) in [6.07, 6.45) is 1.06. The molecule has 10 heteroatoms. The van der Waals surface area contributed by atoms with Crippen LogP contribution in [0.25, 0.3) is 0 Å². The van der Waals surface area contributed by atoms with Crippen molar-refractivity contribution in [2.45, 2.75) is 62.6 Å². The SMILES string of the molecule is C[C@@H](Cl)C(=O)N(Cc1ccccc1)C1CCOC1=O.C[C@@H](Cl)C(=O)N(Cc1ccccc1)C1CCOC1=O. The van der Waals surface area contributed by atoms with Crippen LogP contribution >= 0.6 is 23.2 Å². The van der Waals surface area contributed by atoms with Crippen molar-refractivity contribution in [1.82, 2.24) is 9.80 Å². The molecule has 0 saturated carbocycles. The Hall–Kier alpha value is -3.10. The van der Waals surface area contributed by atoms with Gasteiger partial charge in [0.15, 0.2) is 0 Å². The van der Waals surface area contributed by atoms with E-state index in [1.807, 2.05) is 60.7 Å². The second-order valence-corrected chi connectivity index (χ2v) is 10.4. The van der Waals surface area contributed by atoms with Gasteiger partial charge in [-0.2, -0.15) is 0 Å². The number of alkyl halides is 2. The van der Waals surface area contributed by atoms with E-state index < -0.39 is 22.8 Å². The first kappa shape index (κ1) is 29.5. The number of ether oxygens (including phenoxy) is 2. The summed E-state index contributed by atoms with van der Waals surface area (Å²) in [5.41, 5.74) is 1.93. The lowest BCUT2D eigenvalue weighted by Crippen LogP contribution is -2.45. The zero-order valence-electron chi connectivity index (χ0n) is 21.4. The fourth-order valence-corrected chi connectivity index (χ4v) is 4.49. The van der Waals surface area contributed by atoms with Crippen molar-refractivity contribution in [2.24, 2.45) is 0 Å². The van der Waals surface area contributed by atoms with Gasteiger partial charge in [0.2, 0.25) is 11.8 Å². The van der Waals surface area contributed by atoms with E-state index in [4.69, 9.17) is 32.7 Å². The Labute approximate surface area is 232 Å². The minimum Gasteiger partial charge on any atom is -0.464 e. The minimum atomic E-state index is -0.655. The molecule has 4 atom stereocenters. The summed E-state index contributed by atoms with van der Waals surface area (Å²) >= 11 is 11.7. The van der Waals surface area contributed by atoms with Crippen LogP contribution in [0.15, 0.2) is 60.7 Å². The van der Waals surface area contributed by atoms with Crippen molar-refractivity contribution in [1.29, 1.82) is 0 Å². The van der Waals surface area contributed by atoms with Crippen molar-refractivity contribution in [3.63, 3.8) is 0 Å². The number of esters is 2. The molecule has 0 bridgehead atoms. The van der Waals surface area contributed by atoms with Crippen LogP contribution in [0.3, 0.4) is 0 Å². The summed E-state index contributed by atoms with van der Waals surface area (Å²) in [7, 11) is 0. The Balaban J connectivity index is 0.000000211. The zero-order chi connectivity index (χ0) is 27.7. The van der Waals surface area contributed by atoms with Crippen LogP contribution in [0, 0.1) is 0 Å². The van der Waals surface area contributed by atoms with Crippen LogP contribution in [-0.4, -0.2) is 69.6 Å². The first-order valence-corrected chi connectivity index (χ1v) is 13.4. The van der Waals surface area contributed by atoms with Crippen LogP contribution < -0.4 is 0 Å². The van der Waals surface area contributed by atoms with Gasteiger partial charge in [-0.25, -0.2) is 9.59 Å². The maximum absolute atomic E-state index is 12.2. The second-order valence-electron chi connectivity index (χ2n) is 9.08. The van der Waals surface area contributed by atoms with Crippen LogP contribution in [0.1, 0.15) is 37.8 Å². The van der Waals surface area contributed by atoms with Crippen molar-refractivity contribution in [2.75, 3.05) is 13.2 Å². The van der Waals surface area contributed by atoms with Gasteiger partial charge in [-0.3, -0.25) is 9.59 Å². The van der Waals surface area contributed by atoms with Gasteiger partial charge in [0.1, 0.15) is 22.8 Å². The standard InChI is InChI=1S/2C14H16ClNO3/c2*1-10(15)13(17)16(12-7-8-19-14(12)18)9-11-5-3-2-4-6-11/h2*2-6,10,12H,7-9H2,1H3/t2*10-,12?/m11/s1. The normalized spacial score (nSPS) is 19.9. The van der Waals surface area contributed by atoms with E-state index in [9.17, 15) is 19.2 Å². The van der Waals surface area contributed by atoms with Crippen molar-refractivity contribution < 1.29 is 28.7 Å². The van der Waals surface area contributed by atoms with Crippen molar-refractivity contribution in [3.05, 3.63) is 71.8 Å². The molecule has 2 saturated heterocycles. The smallest absolute Gasteiger partial charge is 0.329 e. The molecule has 38 heavy (non-hydrogen) atoms. The van der Waals surface area contributed by atoms with Crippen LogP contribution in [0.5, 0.6) is 0 Å². The fraction of sp³-hybridized carbons (Fsp3) is 0.429. The number of hydrogen-bond acceptors (Lipinski definition) is 6. The molecule has 2 amide bonds. The predicted octanol–water partition coefficient (Wildman–Crippen LogP) is 3.92. The lowest BCUT2D eigenvalue weighted by Gasteiger charge is -2.27. The quantitative estimate of drug-likeness (QED) is 0.357. The van der Waals surface area contributed by atoms with Crippen LogP contribution in [-0.2, 0) is 41.7 Å². The molecule has 2 heterocycles. The van der Waals surface area contributed by atoms with Gasteiger partial charge in [-0.1, -0.05) is 60.7 Å². The number of carbonyl (C=O) groups excluding carboxylic acids is 4. The number of benzene rings is 2. The van der Waals surface area contributed by atoms with Crippen molar-refractivity contribution in [3.8, 4) is 0 Å². The third-order valence-corrected chi connectivity index (χ3v) is 6.58. The topological polar surface area (TPSA) is 93.2 Å². The first-order valence-electron chi connectivity index (χ1n) is 12.5. The Kier molecular flexibility index (Phi) is 11.0. The number of carbonyl (C=O) groups is 4. The van der Waals surface area contributed by atoms with Gasteiger partial charge in [0.05, 0.1) is 13.2 Å². The van der Waals surface area contributed by atoms with Gasteiger partial charge >= 0.3 is 11.9 Å². The molecule has 2 unspecified atom stereocenters. The number of halogens is 2. The molecule has 4 rings (SSSR count). The molecule has 204 valence electrons. The molecule has 8 nitrogen and oxygen atoms in total. The summed E-state index contributed by atoms with van der Waals surface area (Å²) in [6.45, 7) is 4.69. The van der Waals surface area contributed by atoms with E-state index in [0.717, 1.165) is 11.1 Å². The molecular formula is C28H32Cl2N2O6. The monoisotopic (exact) mass is 562 g/mol. The third-order valence-electron chi connectivity index (χ3n) is 6.21. The number of hydrogen-bond donors (Lipinski definition) is 0. The summed E-state index contributed by atoms with van der Waals surface area (Å²) in [5, 5.41) is -1.31. The van der Waals surface area contributed by atoms with Gasteiger partial charge < -0.3 is 19.3 Å². The Morgan fingerprint density at radius 2 is 1.08 bits per heavy atom. The van der Waals surface area contributed by atoms with E-state index in [1.165, 1.54) is 9.80 Å². The summed E-state index contributed by atoms with van der Waals surface area (Å²) < 4.78 is 9.88. The maximum Gasteiger partial charge on any atom is 0.329 e. The highest BCUT2D eigenvalue weighted by atomic mass is 35.5. The van der Waals surface area contributed by atoms with E-state index in [0.29, 0.717) is 39.1 Å². The number of rotatable bonds is 8. The first-order chi connectivity index (χ1) is 18.2. The summed E-state index contributed by atoms with van der Waals surface area (Å²) in [4.78, 5) is 50.7. The fourth-order valence-electron chi connectivity index (χ4n) is 4.24. The molecule has 2 aromatic carbocycles. The lowest BCUT2D eigenvalue weighted by atomic mass is 10.1. The molecule has 0 radical (unpaired) electrons. The minimum absolute atomic E-state index is 0.241. The van der Waals surface area contributed by atoms with E-state index in [-0.39, 0.29) is 23.8 Å². The molecule has 2 aromatic rings. The van der Waals surface area contributed by atoms with Gasteiger partial charge in [0.25, 0.3) is 0 Å². The highest BCUT2D eigenvalue weighted by Gasteiger charge is 2.37. The van der Waals surface area contributed by atoms with Crippen LogP contribution in [0.4, 0.5) is 0 Å². The summed E-state index contributed by atoms with van der Waals surface area (Å²) in [6, 6.07) is 18.0. The average molecular weight is 563 g/mol. The molecule has 0 spiro atoms. The Morgan fingerprint density at radius 3 is 1.34 bits per heavy atom.